The van der Waals surface area contributed by atoms with Crippen molar-refractivity contribution in [3.8, 4) is 17.0 Å². The highest BCUT2D eigenvalue weighted by molar-refractivity contribution is 6.30. The summed E-state index contributed by atoms with van der Waals surface area (Å²) >= 11 is 5.92. The molecule has 2 N–H and O–H groups in total. The van der Waals surface area contributed by atoms with Crippen molar-refractivity contribution in [2.45, 2.75) is 20.1 Å². The standard InChI is InChI=1S/C18H17ClN4O2/c1-18(2)9-25-17(18)21-16-13-8-20-6-5-11(13)15(22-23-16)12-4-3-10(19)7-14(12)24/h3-8,17,24H,9H2,1-2H3,(H,21,23)/t17-/m0/s1. The number of pyridine rings is 1. The van der Waals surface area contributed by atoms with E-state index >= 15 is 0 Å². The number of anilines is 1. The summed E-state index contributed by atoms with van der Waals surface area (Å²) < 4.78 is 5.59. The highest BCUT2D eigenvalue weighted by atomic mass is 35.5. The van der Waals surface area contributed by atoms with Gasteiger partial charge in [0.05, 0.1) is 6.61 Å². The van der Waals surface area contributed by atoms with Gasteiger partial charge in [0.25, 0.3) is 0 Å². The number of nitrogens with one attached hydrogen (secondary N) is 1. The summed E-state index contributed by atoms with van der Waals surface area (Å²) in [7, 11) is 0. The lowest BCUT2D eigenvalue weighted by atomic mass is 9.87. The Balaban J connectivity index is 1.82. The first-order valence-corrected chi connectivity index (χ1v) is 8.31. The van der Waals surface area contributed by atoms with Gasteiger partial charge in [-0.05, 0) is 24.3 Å². The molecule has 1 aliphatic heterocycles. The third-order valence-electron chi connectivity index (χ3n) is 4.40. The van der Waals surface area contributed by atoms with Crippen LogP contribution in [-0.2, 0) is 4.74 Å². The normalized spacial score (nSPS) is 18.8. The van der Waals surface area contributed by atoms with E-state index in [-0.39, 0.29) is 17.4 Å². The van der Waals surface area contributed by atoms with Crippen molar-refractivity contribution in [2.75, 3.05) is 11.9 Å². The number of hydrogen-bond donors (Lipinski definition) is 2. The number of nitrogens with zero attached hydrogens (tertiary/aromatic N) is 3. The largest absolute Gasteiger partial charge is 0.507 e. The van der Waals surface area contributed by atoms with E-state index < -0.39 is 0 Å². The zero-order valence-electron chi connectivity index (χ0n) is 13.8. The van der Waals surface area contributed by atoms with Crippen LogP contribution < -0.4 is 5.32 Å². The van der Waals surface area contributed by atoms with Crippen molar-refractivity contribution < 1.29 is 9.84 Å². The van der Waals surface area contributed by atoms with E-state index in [9.17, 15) is 5.11 Å². The number of hydrogen-bond acceptors (Lipinski definition) is 6. The monoisotopic (exact) mass is 356 g/mol. The molecule has 7 heteroatoms. The molecule has 2 aromatic heterocycles. The molecule has 25 heavy (non-hydrogen) atoms. The highest BCUT2D eigenvalue weighted by Crippen LogP contribution is 2.38. The summed E-state index contributed by atoms with van der Waals surface area (Å²) in [5.41, 5.74) is 1.18. The fourth-order valence-electron chi connectivity index (χ4n) is 2.87. The number of aromatic nitrogens is 3. The lowest BCUT2D eigenvalue weighted by Gasteiger charge is -2.44. The number of fused-ring (bicyclic) bond motifs is 1. The molecule has 1 aliphatic rings. The van der Waals surface area contributed by atoms with Gasteiger partial charge in [-0.15, -0.1) is 10.2 Å². The van der Waals surface area contributed by atoms with Crippen LogP contribution in [0.5, 0.6) is 5.75 Å². The first-order chi connectivity index (χ1) is 12.0. The first kappa shape index (κ1) is 16.1. The molecule has 0 aliphatic carbocycles. The Bertz CT molecular complexity index is 961. The molecule has 3 aromatic rings. The molecule has 0 radical (unpaired) electrons. The molecular weight excluding hydrogens is 340 g/mol. The topological polar surface area (TPSA) is 80.2 Å². The summed E-state index contributed by atoms with van der Waals surface area (Å²) in [5.74, 6) is 0.669. The summed E-state index contributed by atoms with van der Waals surface area (Å²) in [6, 6.07) is 6.78. The number of benzene rings is 1. The molecule has 0 bridgehead atoms. The molecule has 128 valence electrons. The van der Waals surface area contributed by atoms with Crippen LogP contribution in [-0.4, -0.2) is 33.1 Å². The van der Waals surface area contributed by atoms with Crippen LogP contribution in [0.15, 0.2) is 36.7 Å². The maximum Gasteiger partial charge on any atom is 0.160 e. The molecule has 3 heterocycles. The Morgan fingerprint density at radius 1 is 1.24 bits per heavy atom. The van der Waals surface area contributed by atoms with Crippen LogP contribution in [0.25, 0.3) is 22.0 Å². The van der Waals surface area contributed by atoms with Crippen LogP contribution in [0.3, 0.4) is 0 Å². The molecular formula is C18H17ClN4O2. The molecule has 0 amide bonds. The minimum absolute atomic E-state index is 0.0311. The summed E-state index contributed by atoms with van der Waals surface area (Å²) in [4.78, 5) is 4.20. The van der Waals surface area contributed by atoms with Gasteiger partial charge in [0.2, 0.25) is 0 Å². The first-order valence-electron chi connectivity index (χ1n) is 7.93. The van der Waals surface area contributed by atoms with Gasteiger partial charge in [-0.2, -0.15) is 0 Å². The smallest absolute Gasteiger partial charge is 0.160 e. The van der Waals surface area contributed by atoms with Gasteiger partial charge in [0.15, 0.2) is 5.82 Å². The second-order valence-corrected chi connectivity index (χ2v) is 7.24. The maximum absolute atomic E-state index is 10.2. The van der Waals surface area contributed by atoms with E-state index in [4.69, 9.17) is 16.3 Å². The van der Waals surface area contributed by atoms with Crippen molar-refractivity contribution in [3.63, 3.8) is 0 Å². The molecule has 1 saturated heterocycles. The van der Waals surface area contributed by atoms with Crippen LogP contribution in [0.4, 0.5) is 5.82 Å². The van der Waals surface area contributed by atoms with Crippen molar-refractivity contribution in [1.82, 2.24) is 15.2 Å². The quantitative estimate of drug-likeness (QED) is 0.742. The van der Waals surface area contributed by atoms with Gasteiger partial charge in [-0.3, -0.25) is 4.98 Å². The summed E-state index contributed by atoms with van der Waals surface area (Å²) in [6.07, 6.45) is 3.29. The number of rotatable bonds is 3. The minimum atomic E-state index is -0.125. The van der Waals surface area contributed by atoms with Gasteiger partial charge in [0.1, 0.15) is 17.7 Å². The van der Waals surface area contributed by atoms with Gasteiger partial charge in [-0.25, -0.2) is 0 Å². The molecule has 6 nitrogen and oxygen atoms in total. The predicted molar refractivity (Wildman–Crippen MR) is 96.6 cm³/mol. The van der Waals surface area contributed by atoms with Gasteiger partial charge in [0, 0.05) is 39.2 Å². The highest BCUT2D eigenvalue weighted by Gasteiger charge is 2.40. The van der Waals surface area contributed by atoms with Crippen molar-refractivity contribution in [2.24, 2.45) is 5.41 Å². The van der Waals surface area contributed by atoms with Crippen LogP contribution in [0.1, 0.15) is 13.8 Å². The second kappa shape index (κ2) is 5.82. The SMILES string of the molecule is CC1(C)CO[C@@H]1Nc1nnc(-c2ccc(Cl)cc2O)c2ccncc12. The lowest BCUT2D eigenvalue weighted by molar-refractivity contribution is -0.151. The molecule has 4 rings (SSSR count). The number of phenolic OH excluding ortho intramolecular Hbond substituents is 1. The fourth-order valence-corrected chi connectivity index (χ4v) is 3.04. The van der Waals surface area contributed by atoms with E-state index in [0.717, 1.165) is 10.8 Å². The van der Waals surface area contributed by atoms with E-state index in [2.05, 4.69) is 34.3 Å². The van der Waals surface area contributed by atoms with E-state index in [1.165, 1.54) is 6.07 Å². The Kier molecular flexibility index (Phi) is 3.74. The summed E-state index contributed by atoms with van der Waals surface area (Å²) in [6.45, 7) is 4.95. The molecule has 0 spiro atoms. The van der Waals surface area contributed by atoms with E-state index in [1.807, 2.05) is 6.07 Å². The van der Waals surface area contributed by atoms with Gasteiger partial charge in [-0.1, -0.05) is 25.4 Å². The molecule has 1 atom stereocenters. The minimum Gasteiger partial charge on any atom is -0.507 e. The van der Waals surface area contributed by atoms with Gasteiger partial charge < -0.3 is 15.2 Å². The van der Waals surface area contributed by atoms with Crippen molar-refractivity contribution >= 4 is 28.2 Å². The van der Waals surface area contributed by atoms with Crippen LogP contribution in [0, 0.1) is 5.41 Å². The van der Waals surface area contributed by atoms with E-state index in [1.54, 1.807) is 24.5 Å². The average molecular weight is 357 g/mol. The molecule has 0 unspecified atom stereocenters. The second-order valence-electron chi connectivity index (χ2n) is 6.80. The van der Waals surface area contributed by atoms with Crippen LogP contribution in [0.2, 0.25) is 5.02 Å². The number of ether oxygens (including phenoxy) is 1. The summed E-state index contributed by atoms with van der Waals surface area (Å²) in [5, 5.41) is 24.3. The predicted octanol–water partition coefficient (Wildman–Crippen LogP) is 3.85. The zero-order chi connectivity index (χ0) is 17.6. The molecule has 0 saturated carbocycles. The third kappa shape index (κ3) is 2.77. The Hall–Kier alpha value is -2.44. The molecule has 1 fully saturated rings. The lowest BCUT2D eigenvalue weighted by Crippen LogP contribution is -2.52. The third-order valence-corrected chi connectivity index (χ3v) is 4.63. The fraction of sp³-hybridized carbons (Fsp3) is 0.278. The number of halogens is 1. The van der Waals surface area contributed by atoms with Crippen LogP contribution >= 0.6 is 11.6 Å². The maximum atomic E-state index is 10.2. The van der Waals surface area contributed by atoms with Crippen molar-refractivity contribution in [3.05, 3.63) is 41.7 Å². The Labute approximate surface area is 149 Å². The van der Waals surface area contributed by atoms with E-state index in [0.29, 0.717) is 28.7 Å². The number of aromatic hydroxyl groups is 1. The Morgan fingerprint density at radius 2 is 2.08 bits per heavy atom. The molecule has 1 aromatic carbocycles. The Morgan fingerprint density at radius 3 is 2.76 bits per heavy atom. The van der Waals surface area contributed by atoms with Gasteiger partial charge >= 0.3 is 0 Å². The van der Waals surface area contributed by atoms with Crippen molar-refractivity contribution in [1.29, 1.82) is 0 Å². The number of phenols is 1. The average Bonchev–Trinajstić information content (AvgIpc) is 2.59. The zero-order valence-corrected chi connectivity index (χ0v) is 14.6.